The number of hydrogen-bond acceptors (Lipinski definition) is 4. The second kappa shape index (κ2) is 12.0. The van der Waals surface area contributed by atoms with E-state index < -0.39 is 84.0 Å². The van der Waals surface area contributed by atoms with E-state index in [9.17, 15) is 66.3 Å². The number of alkyl halides is 14. The molecule has 0 radical (unpaired) electrons. The first-order valence-electron chi connectivity index (χ1n) is 9.07. The number of carbonyl (C=O) groups is 1. The zero-order chi connectivity index (χ0) is 28.1. The average Bonchev–Trinajstić information content (AvgIpc) is 2.63. The number of thioether (sulfide) groups is 2. The predicted octanol–water partition coefficient (Wildman–Crippen LogP) is 7.39. The fourth-order valence-electron chi connectivity index (χ4n) is 2.11. The van der Waals surface area contributed by atoms with Gasteiger partial charge in [-0.25, -0.2) is 13.6 Å². The van der Waals surface area contributed by atoms with Crippen LogP contribution in [0.2, 0.25) is 0 Å². The van der Waals surface area contributed by atoms with E-state index >= 15 is 0 Å². The summed E-state index contributed by atoms with van der Waals surface area (Å²) in [4.78, 5) is 11.6. The summed E-state index contributed by atoms with van der Waals surface area (Å²) >= 11 is 0.504. The molecular formula is C17H18F14O2S2. The third-order valence-electron chi connectivity index (χ3n) is 4.21. The lowest BCUT2D eigenvalue weighted by atomic mass is 10.0. The lowest BCUT2D eigenvalue weighted by Gasteiger charge is -2.30. The summed E-state index contributed by atoms with van der Waals surface area (Å²) in [5.41, 5.74) is -11.3. The molecule has 0 aromatic rings. The van der Waals surface area contributed by atoms with E-state index in [0.29, 0.717) is 0 Å². The van der Waals surface area contributed by atoms with Gasteiger partial charge in [-0.2, -0.15) is 76.2 Å². The van der Waals surface area contributed by atoms with Crippen molar-refractivity contribution >= 4 is 29.5 Å². The van der Waals surface area contributed by atoms with Crippen LogP contribution in [0.4, 0.5) is 61.5 Å². The smallest absolute Gasteiger partial charge is 0.431 e. The highest BCUT2D eigenvalue weighted by atomic mass is 32.2. The van der Waals surface area contributed by atoms with E-state index in [1.807, 2.05) is 0 Å². The third kappa shape index (κ3) is 9.07. The van der Waals surface area contributed by atoms with Gasteiger partial charge >= 0.3 is 30.7 Å². The molecule has 0 fully saturated rings. The summed E-state index contributed by atoms with van der Waals surface area (Å²) in [5, 5.41) is 0. The van der Waals surface area contributed by atoms with Crippen molar-refractivity contribution in [2.75, 3.05) is 23.0 Å². The van der Waals surface area contributed by atoms with Gasteiger partial charge < -0.3 is 4.74 Å². The minimum Gasteiger partial charge on any atom is -0.457 e. The normalized spacial score (nSPS) is 14.4. The first kappa shape index (κ1) is 33.9. The number of hydrogen-bond donors (Lipinski definition) is 0. The van der Waals surface area contributed by atoms with Crippen LogP contribution < -0.4 is 0 Å². The number of rotatable bonds is 12. The Kier molecular flexibility index (Phi) is 11.6. The van der Waals surface area contributed by atoms with Crippen LogP contribution in [-0.2, 0) is 9.53 Å². The van der Waals surface area contributed by atoms with Gasteiger partial charge in [-0.3, -0.25) is 0 Å². The molecule has 0 aliphatic heterocycles. The van der Waals surface area contributed by atoms with E-state index in [-0.39, 0.29) is 29.1 Å². The third-order valence-corrected chi connectivity index (χ3v) is 6.41. The molecule has 0 N–H and O–H groups in total. The maximum absolute atomic E-state index is 13.6. The second-order valence-corrected chi connectivity index (χ2v) is 9.35. The van der Waals surface area contributed by atoms with Crippen molar-refractivity contribution in [1.82, 2.24) is 0 Å². The lowest BCUT2D eigenvalue weighted by Crippen LogP contribution is -2.53. The lowest BCUT2D eigenvalue weighted by molar-refractivity contribution is -0.342. The highest BCUT2D eigenvalue weighted by Gasteiger charge is 2.72. The van der Waals surface area contributed by atoms with Gasteiger partial charge in [-0.1, -0.05) is 6.58 Å². The van der Waals surface area contributed by atoms with Gasteiger partial charge in [0.2, 0.25) is 0 Å². The molecule has 0 bridgehead atoms. The molecule has 2 nitrogen and oxygen atoms in total. The Hall–Kier alpha value is -1.07. The largest absolute Gasteiger partial charge is 0.457 e. The molecule has 35 heavy (non-hydrogen) atoms. The van der Waals surface area contributed by atoms with Crippen molar-refractivity contribution in [3.05, 3.63) is 12.2 Å². The molecule has 0 saturated carbocycles. The quantitative estimate of drug-likeness (QED) is 0.104. The Bertz CT molecular complexity index is 638. The number of ether oxygens (including phenoxy) is 1. The van der Waals surface area contributed by atoms with Crippen LogP contribution in [0, 0.1) is 0 Å². The summed E-state index contributed by atoms with van der Waals surface area (Å²) in [6.45, 7) is 4.32. The van der Waals surface area contributed by atoms with Gasteiger partial charge in [0.1, 0.15) is 6.10 Å². The SMILES string of the molecule is C=C(C)C(=O)OC(CSCCC(F)(C(F)(F)F)C(F)(F)F)CSCCC(F)(C(F)(F)F)C(F)(F)F. The van der Waals surface area contributed by atoms with Crippen molar-refractivity contribution < 1.29 is 71.0 Å². The highest BCUT2D eigenvalue weighted by Crippen LogP contribution is 2.50. The molecule has 0 aromatic carbocycles. The Labute approximate surface area is 198 Å². The zero-order valence-electron chi connectivity index (χ0n) is 17.5. The number of esters is 1. The Morgan fingerprint density at radius 2 is 0.971 bits per heavy atom. The van der Waals surface area contributed by atoms with Crippen molar-refractivity contribution in [3.63, 3.8) is 0 Å². The van der Waals surface area contributed by atoms with Crippen molar-refractivity contribution in [2.24, 2.45) is 0 Å². The standard InChI is InChI=1S/C17H18F14O2S2/c1-9(2)11(32)33-10(7-34-5-3-12(18,14(20,21)22)15(23,24)25)8-35-6-4-13(19,16(26,27)28)17(29,30)31/h10H,1,3-8H2,2H3. The van der Waals surface area contributed by atoms with E-state index in [1.54, 1.807) is 0 Å². The predicted molar refractivity (Wildman–Crippen MR) is 100 cm³/mol. The van der Waals surface area contributed by atoms with Crippen molar-refractivity contribution in [2.45, 2.75) is 61.9 Å². The Morgan fingerprint density at radius 3 is 1.20 bits per heavy atom. The molecule has 0 unspecified atom stereocenters. The molecule has 0 spiro atoms. The Balaban J connectivity index is 5.15. The monoisotopic (exact) mass is 584 g/mol. The minimum absolute atomic E-state index is 0.237. The van der Waals surface area contributed by atoms with Crippen LogP contribution >= 0.6 is 23.5 Å². The fourth-order valence-corrected chi connectivity index (χ4v) is 4.34. The molecule has 208 valence electrons. The number of carbonyl (C=O) groups excluding carboxylic acids is 1. The van der Waals surface area contributed by atoms with E-state index in [2.05, 4.69) is 6.58 Å². The Morgan fingerprint density at radius 1 is 0.686 bits per heavy atom. The maximum atomic E-state index is 13.6. The van der Waals surface area contributed by atoms with E-state index in [0.717, 1.165) is 6.92 Å². The van der Waals surface area contributed by atoms with Crippen LogP contribution in [0.1, 0.15) is 19.8 Å². The molecule has 0 aliphatic carbocycles. The zero-order valence-corrected chi connectivity index (χ0v) is 19.1. The van der Waals surface area contributed by atoms with Crippen LogP contribution in [0.15, 0.2) is 12.2 Å². The summed E-state index contributed by atoms with van der Waals surface area (Å²) in [7, 11) is 0. The van der Waals surface area contributed by atoms with Gasteiger partial charge in [0.05, 0.1) is 0 Å². The number of halogens is 14. The summed E-state index contributed by atoms with van der Waals surface area (Å²) in [6.07, 6.45) is -30.7. The molecule has 0 heterocycles. The van der Waals surface area contributed by atoms with E-state index in [4.69, 9.17) is 4.74 Å². The van der Waals surface area contributed by atoms with Gasteiger partial charge in [0.15, 0.2) is 0 Å². The van der Waals surface area contributed by atoms with Crippen LogP contribution in [-0.4, -0.2) is 71.1 Å². The second-order valence-electron chi connectivity index (χ2n) is 7.05. The average molecular weight is 584 g/mol. The van der Waals surface area contributed by atoms with Crippen molar-refractivity contribution in [1.29, 1.82) is 0 Å². The highest BCUT2D eigenvalue weighted by molar-refractivity contribution is 8.00. The molecule has 0 atom stereocenters. The van der Waals surface area contributed by atoms with Crippen LogP contribution in [0.25, 0.3) is 0 Å². The molecular weight excluding hydrogens is 566 g/mol. The molecule has 0 aliphatic rings. The van der Waals surface area contributed by atoms with Crippen molar-refractivity contribution in [3.8, 4) is 0 Å². The topological polar surface area (TPSA) is 26.3 Å². The van der Waals surface area contributed by atoms with Gasteiger partial charge in [-0.05, 0) is 18.4 Å². The van der Waals surface area contributed by atoms with Gasteiger partial charge in [0.25, 0.3) is 11.3 Å². The molecule has 0 rings (SSSR count). The van der Waals surface area contributed by atoms with Crippen LogP contribution in [0.3, 0.4) is 0 Å². The molecule has 18 heteroatoms. The van der Waals surface area contributed by atoms with Gasteiger partial charge in [-0.15, -0.1) is 0 Å². The molecule has 0 amide bonds. The first-order chi connectivity index (χ1) is 15.4. The van der Waals surface area contributed by atoms with E-state index in [1.165, 1.54) is 0 Å². The molecule has 0 aromatic heterocycles. The first-order valence-corrected chi connectivity index (χ1v) is 11.4. The fraction of sp³-hybridized carbons (Fsp3) is 0.824. The molecule has 0 saturated heterocycles. The van der Waals surface area contributed by atoms with Gasteiger partial charge in [0, 0.05) is 29.9 Å². The summed E-state index contributed by atoms with van der Waals surface area (Å²) in [5.74, 6) is -4.53. The maximum Gasteiger partial charge on any atom is 0.431 e. The minimum atomic E-state index is -6.29. The summed E-state index contributed by atoms with van der Waals surface area (Å²) < 4.78 is 182. The summed E-state index contributed by atoms with van der Waals surface area (Å²) in [6, 6.07) is 0. The van der Waals surface area contributed by atoms with Crippen LogP contribution in [0.5, 0.6) is 0 Å².